The van der Waals surface area contributed by atoms with Crippen molar-refractivity contribution in [2.75, 3.05) is 37.6 Å². The van der Waals surface area contributed by atoms with Gasteiger partial charge in [0.15, 0.2) is 11.6 Å². The molecule has 2 N–H and O–H groups in total. The van der Waals surface area contributed by atoms with E-state index in [1.165, 1.54) is 12.4 Å². The Morgan fingerprint density at radius 3 is 2.58 bits per heavy atom. The van der Waals surface area contributed by atoms with E-state index in [0.717, 1.165) is 42.6 Å². The van der Waals surface area contributed by atoms with Gasteiger partial charge in [0, 0.05) is 31.7 Å². The van der Waals surface area contributed by atoms with Crippen LogP contribution in [-0.2, 0) is 4.79 Å². The molecule has 0 amide bonds. The number of rotatable bonds is 9. The summed E-state index contributed by atoms with van der Waals surface area (Å²) in [5.74, 6) is -1.43. The zero-order valence-electron chi connectivity index (χ0n) is 21.0. The molecule has 3 aliphatic rings. The van der Waals surface area contributed by atoms with Gasteiger partial charge in [0.1, 0.15) is 18.4 Å². The highest BCUT2D eigenvalue weighted by atomic mass is 19.4. The Kier molecular flexibility index (Phi) is 7.56. The first-order chi connectivity index (χ1) is 18.1. The van der Waals surface area contributed by atoms with Crippen molar-refractivity contribution in [3.63, 3.8) is 0 Å². The molecule has 1 aliphatic heterocycles. The molecule has 0 radical (unpaired) electrons. The standard InChI is InChI=1S/C26H31F4N5O3/c1-15-10-20(37)23-22(15)25(33-14-32-23)35-8-6-34(7-9-35)24(31-12-16-2-3-16)18(13-36)17-4-5-21(19(27)11-17)38-26(28,29)30/h4-5,11,13-16,18,20,24,31,37H,2-3,6-10,12H2,1H3/t15-,18?,20+,24?/m1/s1. The van der Waals surface area contributed by atoms with Crippen LogP contribution in [0.2, 0.25) is 0 Å². The van der Waals surface area contributed by atoms with E-state index in [2.05, 4.69) is 36.7 Å². The zero-order chi connectivity index (χ0) is 27.0. The Hall–Kier alpha value is -2.83. The number of hydrogen-bond donors (Lipinski definition) is 2. The molecule has 2 fully saturated rings. The second-order valence-electron chi connectivity index (χ2n) is 10.4. The molecule has 1 saturated carbocycles. The zero-order valence-corrected chi connectivity index (χ0v) is 21.0. The Labute approximate surface area is 218 Å². The average molecular weight is 538 g/mol. The van der Waals surface area contributed by atoms with Crippen molar-refractivity contribution >= 4 is 12.1 Å². The third kappa shape index (κ3) is 5.76. The number of carbonyl (C=O) groups is 1. The molecule has 0 spiro atoms. The number of nitrogens with one attached hydrogen (secondary N) is 1. The summed E-state index contributed by atoms with van der Waals surface area (Å²) < 4.78 is 56.0. The van der Waals surface area contributed by atoms with Crippen LogP contribution in [0.1, 0.15) is 60.9 Å². The smallest absolute Gasteiger partial charge is 0.403 e. The molecular formula is C26H31F4N5O3. The molecule has 1 aromatic heterocycles. The van der Waals surface area contributed by atoms with Crippen LogP contribution in [0, 0.1) is 11.7 Å². The van der Waals surface area contributed by atoms with Crippen LogP contribution in [-0.4, -0.2) is 71.5 Å². The highest BCUT2D eigenvalue weighted by molar-refractivity contribution is 5.64. The van der Waals surface area contributed by atoms with Gasteiger partial charge in [0.05, 0.1) is 23.9 Å². The fourth-order valence-electron chi connectivity index (χ4n) is 5.53. The molecule has 1 aromatic carbocycles. The maximum Gasteiger partial charge on any atom is 0.573 e. The Balaban J connectivity index is 1.33. The quantitative estimate of drug-likeness (QED) is 0.371. The van der Waals surface area contributed by atoms with E-state index < -0.39 is 36.1 Å². The first kappa shape index (κ1) is 26.8. The summed E-state index contributed by atoms with van der Waals surface area (Å²) in [6, 6.07) is 3.16. The van der Waals surface area contributed by atoms with E-state index in [9.17, 15) is 27.5 Å². The van der Waals surface area contributed by atoms with Crippen LogP contribution in [0.3, 0.4) is 0 Å². The Bertz CT molecular complexity index is 1150. The fourth-order valence-corrected chi connectivity index (χ4v) is 5.53. The summed E-state index contributed by atoms with van der Waals surface area (Å²) in [4.78, 5) is 25.4. The summed E-state index contributed by atoms with van der Waals surface area (Å²) in [5.41, 5.74) is 1.92. The maximum atomic E-state index is 14.5. The average Bonchev–Trinajstić information content (AvgIpc) is 3.66. The molecule has 2 unspecified atom stereocenters. The van der Waals surface area contributed by atoms with Crippen molar-refractivity contribution in [2.24, 2.45) is 5.92 Å². The minimum Gasteiger partial charge on any atom is -0.403 e. The summed E-state index contributed by atoms with van der Waals surface area (Å²) in [5, 5.41) is 13.8. The lowest BCUT2D eigenvalue weighted by atomic mass is 9.95. The van der Waals surface area contributed by atoms with E-state index in [-0.39, 0.29) is 11.5 Å². The lowest BCUT2D eigenvalue weighted by Crippen LogP contribution is -2.57. The summed E-state index contributed by atoms with van der Waals surface area (Å²) in [6.45, 7) is 5.15. The molecule has 38 heavy (non-hydrogen) atoms. The van der Waals surface area contributed by atoms with E-state index in [1.807, 2.05) is 0 Å². The van der Waals surface area contributed by atoms with Crippen molar-refractivity contribution in [1.29, 1.82) is 0 Å². The second-order valence-corrected chi connectivity index (χ2v) is 10.4. The third-order valence-electron chi connectivity index (χ3n) is 7.65. The number of ether oxygens (including phenoxy) is 1. The molecule has 12 heteroatoms. The number of aldehydes is 1. The van der Waals surface area contributed by atoms with Gasteiger partial charge in [-0.05, 0) is 55.3 Å². The van der Waals surface area contributed by atoms with Gasteiger partial charge in [0.2, 0.25) is 0 Å². The second kappa shape index (κ2) is 10.7. The van der Waals surface area contributed by atoms with Crippen LogP contribution in [0.4, 0.5) is 23.4 Å². The number of anilines is 1. The van der Waals surface area contributed by atoms with Crippen LogP contribution in [0.15, 0.2) is 24.5 Å². The minimum atomic E-state index is -5.01. The summed E-state index contributed by atoms with van der Waals surface area (Å²) >= 11 is 0. The first-order valence-corrected chi connectivity index (χ1v) is 12.9. The number of aliphatic hydroxyl groups excluding tert-OH is 1. The van der Waals surface area contributed by atoms with E-state index in [1.54, 1.807) is 0 Å². The van der Waals surface area contributed by atoms with Crippen molar-refractivity contribution in [3.05, 3.63) is 47.2 Å². The predicted octanol–water partition coefficient (Wildman–Crippen LogP) is 3.49. The van der Waals surface area contributed by atoms with Crippen molar-refractivity contribution in [2.45, 2.75) is 56.7 Å². The molecule has 2 aliphatic carbocycles. The van der Waals surface area contributed by atoms with Gasteiger partial charge >= 0.3 is 6.36 Å². The number of aliphatic hydroxyl groups is 1. The molecular weight excluding hydrogens is 506 g/mol. The number of alkyl halides is 3. The van der Waals surface area contributed by atoms with Gasteiger partial charge in [0.25, 0.3) is 0 Å². The molecule has 206 valence electrons. The lowest BCUT2D eigenvalue weighted by Gasteiger charge is -2.42. The lowest BCUT2D eigenvalue weighted by molar-refractivity contribution is -0.275. The van der Waals surface area contributed by atoms with Crippen molar-refractivity contribution in [1.82, 2.24) is 20.2 Å². The molecule has 2 heterocycles. The van der Waals surface area contributed by atoms with Crippen LogP contribution in [0.5, 0.6) is 5.75 Å². The van der Waals surface area contributed by atoms with E-state index >= 15 is 0 Å². The van der Waals surface area contributed by atoms with Gasteiger partial charge in [-0.25, -0.2) is 14.4 Å². The van der Waals surface area contributed by atoms with Crippen molar-refractivity contribution in [3.8, 4) is 5.75 Å². The van der Waals surface area contributed by atoms with Gasteiger partial charge in [-0.15, -0.1) is 13.2 Å². The summed E-state index contributed by atoms with van der Waals surface area (Å²) in [7, 11) is 0. The van der Waals surface area contributed by atoms with Crippen LogP contribution >= 0.6 is 0 Å². The van der Waals surface area contributed by atoms with E-state index in [4.69, 9.17) is 0 Å². The SMILES string of the molecule is C[C@@H]1C[C@H](O)c2ncnc(N3CCN(C(NCC4CC4)C(C=O)c4ccc(OC(F)(F)F)c(F)c4)CC3)c21. The Morgan fingerprint density at radius 2 is 1.95 bits per heavy atom. The highest BCUT2D eigenvalue weighted by Gasteiger charge is 2.37. The fraction of sp³-hybridized carbons (Fsp3) is 0.577. The van der Waals surface area contributed by atoms with Gasteiger partial charge in [-0.2, -0.15) is 0 Å². The predicted molar refractivity (Wildman–Crippen MR) is 130 cm³/mol. The number of hydrogen-bond acceptors (Lipinski definition) is 8. The van der Waals surface area contributed by atoms with Crippen LogP contribution in [0.25, 0.3) is 0 Å². The molecule has 0 bridgehead atoms. The molecule has 5 rings (SSSR count). The molecule has 8 nitrogen and oxygen atoms in total. The highest BCUT2D eigenvalue weighted by Crippen LogP contribution is 2.43. The van der Waals surface area contributed by atoms with Crippen LogP contribution < -0.4 is 15.0 Å². The maximum absolute atomic E-state index is 14.5. The van der Waals surface area contributed by atoms with Gasteiger partial charge in [-0.1, -0.05) is 13.0 Å². The molecule has 1 saturated heterocycles. The number of carbonyl (C=O) groups excluding carboxylic acids is 1. The Morgan fingerprint density at radius 1 is 1.21 bits per heavy atom. The molecule has 4 atom stereocenters. The normalized spacial score (nSPS) is 23.7. The number of fused-ring (bicyclic) bond motifs is 1. The number of piperazine rings is 1. The topological polar surface area (TPSA) is 90.8 Å². The monoisotopic (exact) mass is 537 g/mol. The largest absolute Gasteiger partial charge is 0.573 e. The third-order valence-corrected chi connectivity index (χ3v) is 7.65. The molecule has 2 aromatic rings. The minimum absolute atomic E-state index is 0.140. The number of benzene rings is 1. The summed E-state index contributed by atoms with van der Waals surface area (Å²) in [6.07, 6.45) is -1.07. The first-order valence-electron chi connectivity index (χ1n) is 12.9. The van der Waals surface area contributed by atoms with E-state index in [0.29, 0.717) is 50.8 Å². The number of halogens is 4. The van der Waals surface area contributed by atoms with Gasteiger partial charge < -0.3 is 24.9 Å². The number of aromatic nitrogens is 2. The van der Waals surface area contributed by atoms with Gasteiger partial charge in [-0.3, -0.25) is 4.90 Å². The number of nitrogens with zero attached hydrogens (tertiary/aromatic N) is 4. The van der Waals surface area contributed by atoms with Crippen molar-refractivity contribution < 1.29 is 32.2 Å².